The molecule has 2 aliphatic rings. The first-order chi connectivity index (χ1) is 12.0. The first-order valence-corrected chi connectivity index (χ1v) is 9.16. The Morgan fingerprint density at radius 3 is 2.80 bits per heavy atom. The molecule has 7 heteroatoms. The van der Waals surface area contributed by atoms with Crippen LogP contribution in [0, 0.1) is 13.8 Å². The molecule has 1 N–H and O–H groups in total. The van der Waals surface area contributed by atoms with E-state index in [1.54, 1.807) is 16.8 Å². The summed E-state index contributed by atoms with van der Waals surface area (Å²) in [6.45, 7) is 5.71. The van der Waals surface area contributed by atoms with Gasteiger partial charge in [-0.2, -0.15) is 5.10 Å². The predicted molar refractivity (Wildman–Crippen MR) is 96.3 cm³/mol. The number of nitrogens with zero attached hydrogens (tertiary/aromatic N) is 4. The number of hydrogen-bond donors (Lipinski definition) is 1. The molecule has 2 aliphatic heterocycles. The molecule has 132 valence electrons. The third-order valence-corrected chi connectivity index (χ3v) is 5.45. The molecule has 2 atom stereocenters. The van der Waals surface area contributed by atoms with Gasteiger partial charge in [0.15, 0.2) is 5.82 Å². The van der Waals surface area contributed by atoms with Crippen LogP contribution in [0.5, 0.6) is 0 Å². The molecule has 0 radical (unpaired) electrons. The van der Waals surface area contributed by atoms with Crippen molar-refractivity contribution in [1.29, 1.82) is 0 Å². The molecule has 4 heterocycles. The summed E-state index contributed by atoms with van der Waals surface area (Å²) in [5, 5.41) is 8.27. The van der Waals surface area contributed by atoms with Gasteiger partial charge in [-0.3, -0.25) is 4.79 Å². The van der Waals surface area contributed by atoms with Gasteiger partial charge in [-0.05, 0) is 57.9 Å². The number of halogens is 1. The van der Waals surface area contributed by atoms with Crippen molar-refractivity contribution in [3.63, 3.8) is 0 Å². The first-order valence-electron chi connectivity index (χ1n) is 8.78. The minimum absolute atomic E-state index is 0.0652. The molecule has 6 nitrogen and oxygen atoms in total. The van der Waals surface area contributed by atoms with Gasteiger partial charge < -0.3 is 10.2 Å². The summed E-state index contributed by atoms with van der Waals surface area (Å²) < 4.78 is 1.75. The number of amides is 1. The van der Waals surface area contributed by atoms with Gasteiger partial charge in [0.05, 0.1) is 10.7 Å². The Morgan fingerprint density at radius 2 is 2.04 bits per heavy atom. The summed E-state index contributed by atoms with van der Waals surface area (Å²) in [6.07, 6.45) is 3.09. The third kappa shape index (κ3) is 2.93. The molecule has 0 saturated carbocycles. The number of nitrogens with one attached hydrogen (secondary N) is 1. The summed E-state index contributed by atoms with van der Waals surface area (Å²) in [5.41, 5.74) is 2.22. The number of pyridine rings is 1. The fraction of sp³-hybridized carbons (Fsp3) is 0.500. The molecular weight excluding hydrogens is 338 g/mol. The number of carbonyl (C=O) groups is 1. The second-order valence-corrected chi connectivity index (χ2v) is 7.34. The van der Waals surface area contributed by atoms with Gasteiger partial charge in [0.25, 0.3) is 5.91 Å². The van der Waals surface area contributed by atoms with Crippen LogP contribution in [-0.2, 0) is 0 Å². The lowest BCUT2D eigenvalue weighted by atomic mass is 10.1. The van der Waals surface area contributed by atoms with Gasteiger partial charge in [-0.15, -0.1) is 0 Å². The number of rotatable bonds is 2. The minimum Gasteiger partial charge on any atom is -0.330 e. The van der Waals surface area contributed by atoms with E-state index >= 15 is 0 Å². The average molecular weight is 360 g/mol. The van der Waals surface area contributed by atoms with Gasteiger partial charge in [0.1, 0.15) is 5.69 Å². The lowest BCUT2D eigenvalue weighted by Crippen LogP contribution is -2.43. The molecule has 2 aromatic rings. The highest BCUT2D eigenvalue weighted by molar-refractivity contribution is 6.33. The first kappa shape index (κ1) is 16.5. The van der Waals surface area contributed by atoms with Crippen molar-refractivity contribution in [2.45, 2.75) is 45.2 Å². The smallest absolute Gasteiger partial charge is 0.274 e. The number of aromatic nitrogens is 3. The number of carbonyl (C=O) groups excluding carboxylic acids is 1. The maximum Gasteiger partial charge on any atom is 0.274 e. The lowest BCUT2D eigenvalue weighted by Gasteiger charge is -2.28. The summed E-state index contributed by atoms with van der Waals surface area (Å²) in [5.74, 6) is 0.559. The van der Waals surface area contributed by atoms with Crippen molar-refractivity contribution in [3.05, 3.63) is 40.3 Å². The van der Waals surface area contributed by atoms with Crippen LogP contribution in [0.1, 0.15) is 41.1 Å². The quantitative estimate of drug-likeness (QED) is 0.894. The van der Waals surface area contributed by atoms with Gasteiger partial charge >= 0.3 is 0 Å². The molecule has 2 bridgehead atoms. The molecule has 2 unspecified atom stereocenters. The zero-order valence-electron chi connectivity index (χ0n) is 14.5. The molecule has 0 spiro atoms. The number of hydrogen-bond acceptors (Lipinski definition) is 4. The standard InChI is InChI=1S/C18H22ClN5O/c1-11-9-12(2)24(22-11)16-6-5-15(19)17(21-16)18(25)23-13-3-4-14(23)10-20-8-7-13/h5-6,9,13-14,20H,3-4,7-8,10H2,1-2H3. The Morgan fingerprint density at radius 1 is 1.24 bits per heavy atom. The second-order valence-electron chi connectivity index (χ2n) is 6.93. The minimum atomic E-state index is -0.0652. The van der Waals surface area contributed by atoms with E-state index in [-0.39, 0.29) is 18.0 Å². The van der Waals surface area contributed by atoms with Crippen LogP contribution in [0.2, 0.25) is 5.02 Å². The molecule has 2 aromatic heterocycles. The highest BCUT2D eigenvalue weighted by Gasteiger charge is 2.39. The predicted octanol–water partition coefficient (Wildman–Crippen LogP) is 2.50. The average Bonchev–Trinajstić information content (AvgIpc) is 3.04. The van der Waals surface area contributed by atoms with Gasteiger partial charge in [-0.1, -0.05) is 11.6 Å². The van der Waals surface area contributed by atoms with E-state index in [0.29, 0.717) is 16.5 Å². The van der Waals surface area contributed by atoms with E-state index in [2.05, 4.69) is 15.4 Å². The largest absolute Gasteiger partial charge is 0.330 e. The lowest BCUT2D eigenvalue weighted by molar-refractivity contribution is 0.0674. The van der Waals surface area contributed by atoms with E-state index in [4.69, 9.17) is 11.6 Å². The van der Waals surface area contributed by atoms with Crippen LogP contribution in [-0.4, -0.2) is 50.7 Å². The Hall–Kier alpha value is -1.92. The Bertz CT molecular complexity index is 804. The molecule has 0 aliphatic carbocycles. The normalized spacial score (nSPS) is 22.9. The summed E-state index contributed by atoms with van der Waals surface area (Å²) in [7, 11) is 0. The van der Waals surface area contributed by atoms with Crippen molar-refractivity contribution in [3.8, 4) is 5.82 Å². The van der Waals surface area contributed by atoms with Crippen LogP contribution in [0.4, 0.5) is 0 Å². The Balaban J connectivity index is 1.71. The van der Waals surface area contributed by atoms with E-state index in [0.717, 1.165) is 43.7 Å². The third-order valence-electron chi connectivity index (χ3n) is 5.15. The highest BCUT2D eigenvalue weighted by atomic mass is 35.5. The second kappa shape index (κ2) is 6.42. The van der Waals surface area contributed by atoms with Crippen molar-refractivity contribution < 1.29 is 4.79 Å². The van der Waals surface area contributed by atoms with E-state index < -0.39 is 0 Å². The van der Waals surface area contributed by atoms with Crippen molar-refractivity contribution in [2.75, 3.05) is 13.1 Å². The zero-order chi connectivity index (χ0) is 17.6. The summed E-state index contributed by atoms with van der Waals surface area (Å²) >= 11 is 6.34. The monoisotopic (exact) mass is 359 g/mol. The maximum absolute atomic E-state index is 13.2. The number of aryl methyl sites for hydroxylation is 2. The summed E-state index contributed by atoms with van der Waals surface area (Å²) in [6, 6.07) is 6.04. The van der Waals surface area contributed by atoms with Crippen LogP contribution in [0.15, 0.2) is 18.2 Å². The van der Waals surface area contributed by atoms with E-state index in [1.165, 1.54) is 0 Å². The summed E-state index contributed by atoms with van der Waals surface area (Å²) in [4.78, 5) is 19.8. The zero-order valence-corrected chi connectivity index (χ0v) is 15.3. The van der Waals surface area contributed by atoms with Crippen LogP contribution in [0.3, 0.4) is 0 Å². The van der Waals surface area contributed by atoms with Crippen molar-refractivity contribution in [2.24, 2.45) is 0 Å². The van der Waals surface area contributed by atoms with Crippen LogP contribution in [0.25, 0.3) is 5.82 Å². The number of fused-ring (bicyclic) bond motifs is 2. The molecular formula is C18H22ClN5O. The van der Waals surface area contributed by atoms with Gasteiger partial charge in [0, 0.05) is 24.3 Å². The van der Waals surface area contributed by atoms with Crippen LogP contribution >= 0.6 is 11.6 Å². The Kier molecular flexibility index (Phi) is 4.25. The fourth-order valence-electron chi connectivity index (χ4n) is 4.00. The van der Waals surface area contributed by atoms with Crippen molar-refractivity contribution in [1.82, 2.24) is 25.0 Å². The molecule has 1 amide bonds. The SMILES string of the molecule is Cc1cc(C)n(-c2ccc(Cl)c(C(=O)N3C4CCNCC3CC4)n2)n1. The Labute approximate surface area is 152 Å². The van der Waals surface area contributed by atoms with Gasteiger partial charge in [0.2, 0.25) is 0 Å². The van der Waals surface area contributed by atoms with E-state index in [1.807, 2.05) is 24.8 Å². The van der Waals surface area contributed by atoms with E-state index in [9.17, 15) is 4.79 Å². The molecule has 4 rings (SSSR count). The van der Waals surface area contributed by atoms with Gasteiger partial charge in [-0.25, -0.2) is 9.67 Å². The molecule has 25 heavy (non-hydrogen) atoms. The fourth-order valence-corrected chi connectivity index (χ4v) is 4.18. The highest BCUT2D eigenvalue weighted by Crippen LogP contribution is 2.31. The molecule has 2 saturated heterocycles. The van der Waals surface area contributed by atoms with Crippen LogP contribution < -0.4 is 5.32 Å². The maximum atomic E-state index is 13.2. The topological polar surface area (TPSA) is 63.1 Å². The molecule has 0 aromatic carbocycles. The molecule has 2 fully saturated rings. The van der Waals surface area contributed by atoms with Crippen molar-refractivity contribution >= 4 is 17.5 Å².